The second-order valence-electron chi connectivity index (χ2n) is 3.00. The molecule has 0 aliphatic heterocycles. The van der Waals surface area contributed by atoms with E-state index in [9.17, 15) is 4.79 Å². The van der Waals surface area contributed by atoms with E-state index in [4.69, 9.17) is 4.74 Å². The average molecular weight is 188 g/mol. The van der Waals surface area contributed by atoms with E-state index in [0.717, 1.165) is 19.6 Å². The van der Waals surface area contributed by atoms with Gasteiger partial charge in [0.1, 0.15) is 0 Å². The summed E-state index contributed by atoms with van der Waals surface area (Å²) < 4.78 is 5.02. The molecule has 0 saturated carbocycles. The summed E-state index contributed by atoms with van der Waals surface area (Å²) in [6, 6.07) is 0.388. The standard InChI is InChI=1S/C9H20N2O2/c1-4-9(7-13-3)11-6-5-10-8(2)12/h9,11H,4-7H2,1-3H3,(H,10,12). The summed E-state index contributed by atoms with van der Waals surface area (Å²) in [5.74, 6) is 0.0154. The van der Waals surface area contributed by atoms with E-state index in [1.807, 2.05) is 0 Å². The van der Waals surface area contributed by atoms with Crippen LogP contribution in [0.25, 0.3) is 0 Å². The van der Waals surface area contributed by atoms with Crippen molar-refractivity contribution in [1.82, 2.24) is 10.6 Å². The van der Waals surface area contributed by atoms with Gasteiger partial charge in [0, 0.05) is 33.2 Å². The lowest BCUT2D eigenvalue weighted by atomic mass is 10.2. The molecule has 0 spiro atoms. The Bertz CT molecular complexity index is 140. The first-order valence-corrected chi connectivity index (χ1v) is 4.67. The highest BCUT2D eigenvalue weighted by atomic mass is 16.5. The lowest BCUT2D eigenvalue weighted by Gasteiger charge is -2.15. The molecule has 0 aromatic heterocycles. The van der Waals surface area contributed by atoms with Crippen LogP contribution in [0.15, 0.2) is 0 Å². The number of hydrogen-bond acceptors (Lipinski definition) is 3. The number of nitrogens with one attached hydrogen (secondary N) is 2. The van der Waals surface area contributed by atoms with Crippen molar-refractivity contribution >= 4 is 5.91 Å². The minimum absolute atomic E-state index is 0.0154. The van der Waals surface area contributed by atoms with Gasteiger partial charge in [-0.1, -0.05) is 6.92 Å². The average Bonchev–Trinajstić information content (AvgIpc) is 2.10. The molecule has 1 atom stereocenters. The van der Waals surface area contributed by atoms with E-state index in [1.165, 1.54) is 6.92 Å². The van der Waals surface area contributed by atoms with Gasteiger partial charge in [-0.2, -0.15) is 0 Å². The summed E-state index contributed by atoms with van der Waals surface area (Å²) in [4.78, 5) is 10.5. The van der Waals surface area contributed by atoms with Crippen molar-refractivity contribution in [3.05, 3.63) is 0 Å². The molecule has 0 aliphatic carbocycles. The van der Waals surface area contributed by atoms with E-state index >= 15 is 0 Å². The van der Waals surface area contributed by atoms with E-state index in [1.54, 1.807) is 7.11 Å². The Labute approximate surface area is 80.0 Å². The highest BCUT2D eigenvalue weighted by molar-refractivity contribution is 5.72. The second kappa shape index (κ2) is 8.01. The third kappa shape index (κ3) is 7.74. The zero-order valence-electron chi connectivity index (χ0n) is 8.72. The molecule has 4 nitrogen and oxygen atoms in total. The van der Waals surface area contributed by atoms with Gasteiger partial charge in [0.15, 0.2) is 0 Å². The maximum absolute atomic E-state index is 10.5. The summed E-state index contributed by atoms with van der Waals surface area (Å²) in [7, 11) is 1.69. The number of methoxy groups -OCH3 is 1. The van der Waals surface area contributed by atoms with E-state index < -0.39 is 0 Å². The number of carbonyl (C=O) groups excluding carboxylic acids is 1. The molecule has 0 rings (SSSR count). The van der Waals surface area contributed by atoms with Crippen molar-refractivity contribution in [2.45, 2.75) is 26.3 Å². The smallest absolute Gasteiger partial charge is 0.216 e. The van der Waals surface area contributed by atoms with E-state index in [0.29, 0.717) is 12.6 Å². The molecule has 0 bridgehead atoms. The van der Waals surface area contributed by atoms with Crippen LogP contribution in [0.5, 0.6) is 0 Å². The van der Waals surface area contributed by atoms with Gasteiger partial charge in [-0.15, -0.1) is 0 Å². The highest BCUT2D eigenvalue weighted by Gasteiger charge is 2.03. The van der Waals surface area contributed by atoms with Gasteiger partial charge in [-0.3, -0.25) is 4.79 Å². The first-order valence-electron chi connectivity index (χ1n) is 4.67. The monoisotopic (exact) mass is 188 g/mol. The predicted octanol–water partition coefficient (Wildman–Crippen LogP) is 0.137. The van der Waals surface area contributed by atoms with Crippen LogP contribution in [0.4, 0.5) is 0 Å². The summed E-state index contributed by atoms with van der Waals surface area (Å²) in [6.45, 7) is 5.81. The van der Waals surface area contributed by atoms with Gasteiger partial charge in [-0.25, -0.2) is 0 Å². The van der Waals surface area contributed by atoms with Gasteiger partial charge in [0.25, 0.3) is 0 Å². The number of carbonyl (C=O) groups is 1. The van der Waals surface area contributed by atoms with Crippen molar-refractivity contribution in [2.75, 3.05) is 26.8 Å². The molecule has 0 fully saturated rings. The summed E-state index contributed by atoms with van der Waals surface area (Å²) in [5, 5.41) is 6.01. The Morgan fingerprint density at radius 3 is 2.62 bits per heavy atom. The van der Waals surface area contributed by atoms with Crippen molar-refractivity contribution in [3.63, 3.8) is 0 Å². The Kier molecular flexibility index (Phi) is 7.63. The minimum Gasteiger partial charge on any atom is -0.383 e. The molecule has 0 saturated heterocycles. The molecule has 2 N–H and O–H groups in total. The Morgan fingerprint density at radius 1 is 1.46 bits per heavy atom. The van der Waals surface area contributed by atoms with Crippen molar-refractivity contribution in [1.29, 1.82) is 0 Å². The molecule has 0 aromatic carbocycles. The van der Waals surface area contributed by atoms with Crippen molar-refractivity contribution in [2.24, 2.45) is 0 Å². The molecule has 0 radical (unpaired) electrons. The van der Waals surface area contributed by atoms with Crippen LogP contribution in [-0.2, 0) is 9.53 Å². The molecule has 4 heteroatoms. The van der Waals surface area contributed by atoms with Gasteiger partial charge < -0.3 is 15.4 Å². The van der Waals surface area contributed by atoms with Crippen LogP contribution in [0.1, 0.15) is 20.3 Å². The van der Waals surface area contributed by atoms with Gasteiger partial charge in [0.2, 0.25) is 5.91 Å². The van der Waals surface area contributed by atoms with E-state index in [2.05, 4.69) is 17.6 Å². The fourth-order valence-electron chi connectivity index (χ4n) is 1.04. The Morgan fingerprint density at radius 2 is 2.15 bits per heavy atom. The normalized spacial score (nSPS) is 12.5. The van der Waals surface area contributed by atoms with E-state index in [-0.39, 0.29) is 5.91 Å². The number of hydrogen-bond donors (Lipinski definition) is 2. The fraction of sp³-hybridized carbons (Fsp3) is 0.889. The largest absolute Gasteiger partial charge is 0.383 e. The maximum Gasteiger partial charge on any atom is 0.216 e. The van der Waals surface area contributed by atoms with Crippen LogP contribution in [-0.4, -0.2) is 38.8 Å². The third-order valence-corrected chi connectivity index (χ3v) is 1.79. The van der Waals surface area contributed by atoms with Crippen LogP contribution >= 0.6 is 0 Å². The molecule has 13 heavy (non-hydrogen) atoms. The molecule has 0 heterocycles. The zero-order chi connectivity index (χ0) is 10.1. The topological polar surface area (TPSA) is 50.4 Å². The van der Waals surface area contributed by atoms with Gasteiger partial charge in [-0.05, 0) is 6.42 Å². The first kappa shape index (κ1) is 12.4. The molecule has 78 valence electrons. The summed E-state index contributed by atoms with van der Waals surface area (Å²) in [5.41, 5.74) is 0. The molecule has 0 aliphatic rings. The zero-order valence-corrected chi connectivity index (χ0v) is 8.72. The van der Waals surface area contributed by atoms with Gasteiger partial charge in [0.05, 0.1) is 6.61 Å². The van der Waals surface area contributed by atoms with Crippen LogP contribution in [0.3, 0.4) is 0 Å². The SMILES string of the molecule is CCC(COC)NCCNC(C)=O. The molecule has 1 amide bonds. The molecular formula is C9H20N2O2. The van der Waals surface area contributed by atoms with Crippen LogP contribution < -0.4 is 10.6 Å². The van der Waals surface area contributed by atoms with Gasteiger partial charge >= 0.3 is 0 Å². The lowest BCUT2D eigenvalue weighted by molar-refractivity contribution is -0.118. The maximum atomic E-state index is 10.5. The molecule has 1 unspecified atom stereocenters. The summed E-state index contributed by atoms with van der Waals surface area (Å²) in [6.07, 6.45) is 1.04. The van der Waals surface area contributed by atoms with Crippen LogP contribution in [0.2, 0.25) is 0 Å². The molecule has 0 aromatic rings. The summed E-state index contributed by atoms with van der Waals surface area (Å²) >= 11 is 0. The first-order chi connectivity index (χ1) is 6.20. The highest BCUT2D eigenvalue weighted by Crippen LogP contribution is 1.89. The number of rotatable bonds is 7. The number of amides is 1. The van der Waals surface area contributed by atoms with Crippen molar-refractivity contribution in [3.8, 4) is 0 Å². The Balaban J connectivity index is 3.32. The lowest BCUT2D eigenvalue weighted by Crippen LogP contribution is -2.38. The third-order valence-electron chi connectivity index (χ3n) is 1.79. The van der Waals surface area contributed by atoms with Crippen LogP contribution in [0, 0.1) is 0 Å². The fourth-order valence-corrected chi connectivity index (χ4v) is 1.04. The minimum atomic E-state index is 0.0154. The predicted molar refractivity (Wildman–Crippen MR) is 52.6 cm³/mol. The number of ether oxygens (including phenoxy) is 1. The quantitative estimate of drug-likeness (QED) is 0.559. The van der Waals surface area contributed by atoms with Crippen molar-refractivity contribution < 1.29 is 9.53 Å². The molecular weight excluding hydrogens is 168 g/mol. The Hall–Kier alpha value is -0.610. The second-order valence-corrected chi connectivity index (χ2v) is 3.00.